The fourth-order valence-corrected chi connectivity index (χ4v) is 2.85. The van der Waals surface area contributed by atoms with Crippen LogP contribution in [-0.4, -0.2) is 17.7 Å². The highest BCUT2D eigenvalue weighted by molar-refractivity contribution is 5.92. The van der Waals surface area contributed by atoms with E-state index in [0.717, 1.165) is 17.1 Å². The molecule has 0 bridgehead atoms. The molecule has 1 aliphatic rings. The lowest BCUT2D eigenvalue weighted by Gasteiger charge is -2.09. The number of halogens is 1. The standard InChI is InChI=1S/C21H18FN3O3/c22-16-3-1-2-14(8-16)10-21(26)25-17-5-7-20(24-12-17)23-11-15-4-6-18-19(9-15)28-13-27-18/h1-9,12H,10-11,13H2,(H,23,24)(H,25,26). The monoisotopic (exact) mass is 379 g/mol. The first kappa shape index (κ1) is 17.8. The van der Waals surface area contributed by atoms with Gasteiger partial charge in [0.05, 0.1) is 18.3 Å². The van der Waals surface area contributed by atoms with Gasteiger partial charge in [0.15, 0.2) is 11.5 Å². The molecule has 1 aromatic heterocycles. The van der Waals surface area contributed by atoms with E-state index in [-0.39, 0.29) is 24.9 Å². The van der Waals surface area contributed by atoms with E-state index in [1.54, 1.807) is 30.5 Å². The first-order valence-corrected chi connectivity index (χ1v) is 8.78. The first-order chi connectivity index (χ1) is 13.7. The summed E-state index contributed by atoms with van der Waals surface area (Å²) in [4.78, 5) is 16.4. The SMILES string of the molecule is O=C(Cc1cccc(F)c1)Nc1ccc(NCc2ccc3c(c2)OCO3)nc1. The van der Waals surface area contributed by atoms with E-state index < -0.39 is 0 Å². The number of benzene rings is 2. The van der Waals surface area contributed by atoms with Crippen molar-refractivity contribution in [2.24, 2.45) is 0 Å². The van der Waals surface area contributed by atoms with Gasteiger partial charge in [0.1, 0.15) is 11.6 Å². The van der Waals surface area contributed by atoms with E-state index in [0.29, 0.717) is 23.6 Å². The van der Waals surface area contributed by atoms with Crippen molar-refractivity contribution in [1.29, 1.82) is 0 Å². The number of nitrogens with one attached hydrogen (secondary N) is 2. The second-order valence-corrected chi connectivity index (χ2v) is 6.33. The summed E-state index contributed by atoms with van der Waals surface area (Å²) in [5.74, 6) is 1.59. The lowest BCUT2D eigenvalue weighted by molar-refractivity contribution is -0.115. The lowest BCUT2D eigenvalue weighted by atomic mass is 10.1. The summed E-state index contributed by atoms with van der Waals surface area (Å²) in [6, 6.07) is 15.3. The van der Waals surface area contributed by atoms with Gasteiger partial charge in [-0.3, -0.25) is 4.79 Å². The smallest absolute Gasteiger partial charge is 0.231 e. The molecule has 7 heteroatoms. The van der Waals surface area contributed by atoms with Crippen molar-refractivity contribution < 1.29 is 18.7 Å². The predicted octanol–water partition coefficient (Wildman–Crippen LogP) is 3.74. The summed E-state index contributed by atoms with van der Waals surface area (Å²) in [5.41, 5.74) is 2.24. The Hall–Kier alpha value is -3.61. The molecule has 4 rings (SSSR count). The molecule has 2 aromatic carbocycles. The van der Waals surface area contributed by atoms with E-state index in [1.165, 1.54) is 12.1 Å². The summed E-state index contributed by atoms with van der Waals surface area (Å²) in [6.45, 7) is 0.828. The third kappa shape index (κ3) is 4.37. The topological polar surface area (TPSA) is 72.5 Å². The van der Waals surface area contributed by atoms with E-state index >= 15 is 0 Å². The number of hydrogen-bond donors (Lipinski definition) is 2. The molecule has 0 saturated heterocycles. The fourth-order valence-electron chi connectivity index (χ4n) is 2.85. The van der Waals surface area contributed by atoms with Crippen molar-refractivity contribution in [1.82, 2.24) is 4.98 Å². The predicted molar refractivity (Wildman–Crippen MR) is 103 cm³/mol. The molecular weight excluding hydrogens is 361 g/mol. The van der Waals surface area contributed by atoms with Gasteiger partial charge < -0.3 is 20.1 Å². The number of carbonyl (C=O) groups excluding carboxylic acids is 1. The Kier molecular flexibility index (Phi) is 5.05. The Morgan fingerprint density at radius 3 is 2.75 bits per heavy atom. The summed E-state index contributed by atoms with van der Waals surface area (Å²) in [6.07, 6.45) is 1.67. The maximum absolute atomic E-state index is 13.2. The molecule has 0 unspecified atom stereocenters. The number of fused-ring (bicyclic) bond motifs is 1. The molecule has 0 aliphatic carbocycles. The average molecular weight is 379 g/mol. The highest BCUT2D eigenvalue weighted by Gasteiger charge is 2.13. The average Bonchev–Trinajstić information content (AvgIpc) is 3.15. The fraction of sp³-hybridized carbons (Fsp3) is 0.143. The second-order valence-electron chi connectivity index (χ2n) is 6.33. The Bertz CT molecular complexity index is 992. The maximum Gasteiger partial charge on any atom is 0.231 e. The molecule has 2 N–H and O–H groups in total. The Balaban J connectivity index is 1.30. The summed E-state index contributed by atoms with van der Waals surface area (Å²) in [7, 11) is 0. The van der Waals surface area contributed by atoms with Gasteiger partial charge in [-0.25, -0.2) is 9.37 Å². The third-order valence-electron chi connectivity index (χ3n) is 4.21. The number of nitrogens with zero attached hydrogens (tertiary/aromatic N) is 1. The maximum atomic E-state index is 13.2. The van der Waals surface area contributed by atoms with Crippen molar-refractivity contribution in [2.45, 2.75) is 13.0 Å². The minimum atomic E-state index is -0.357. The van der Waals surface area contributed by atoms with Crippen LogP contribution >= 0.6 is 0 Å². The zero-order chi connectivity index (χ0) is 19.3. The highest BCUT2D eigenvalue weighted by Crippen LogP contribution is 2.32. The van der Waals surface area contributed by atoms with Crippen LogP contribution in [0.5, 0.6) is 11.5 Å². The minimum Gasteiger partial charge on any atom is -0.454 e. The number of anilines is 2. The molecular formula is C21H18FN3O3. The van der Waals surface area contributed by atoms with Gasteiger partial charge in [0, 0.05) is 6.54 Å². The Morgan fingerprint density at radius 1 is 1.04 bits per heavy atom. The van der Waals surface area contributed by atoms with Crippen LogP contribution in [0.25, 0.3) is 0 Å². The van der Waals surface area contributed by atoms with Crippen LogP contribution in [0.4, 0.5) is 15.9 Å². The molecule has 142 valence electrons. The van der Waals surface area contributed by atoms with Gasteiger partial charge in [0.2, 0.25) is 12.7 Å². The number of ether oxygens (including phenoxy) is 2. The summed E-state index contributed by atoms with van der Waals surface area (Å²) in [5, 5.41) is 5.97. The summed E-state index contributed by atoms with van der Waals surface area (Å²) < 4.78 is 23.9. The zero-order valence-corrected chi connectivity index (χ0v) is 14.9. The molecule has 0 saturated carbocycles. The Labute approximate surface area is 161 Å². The van der Waals surface area contributed by atoms with E-state index in [2.05, 4.69) is 15.6 Å². The number of rotatable bonds is 6. The van der Waals surface area contributed by atoms with E-state index in [1.807, 2.05) is 18.2 Å². The molecule has 0 fully saturated rings. The van der Waals surface area contributed by atoms with Crippen LogP contribution in [0.2, 0.25) is 0 Å². The molecule has 3 aromatic rings. The van der Waals surface area contributed by atoms with Crippen LogP contribution in [0.15, 0.2) is 60.8 Å². The Morgan fingerprint density at radius 2 is 1.93 bits per heavy atom. The van der Waals surface area contributed by atoms with Gasteiger partial charge in [-0.05, 0) is 47.5 Å². The molecule has 0 radical (unpaired) electrons. The molecule has 2 heterocycles. The number of hydrogen-bond acceptors (Lipinski definition) is 5. The minimum absolute atomic E-state index is 0.0991. The van der Waals surface area contributed by atoms with Crippen LogP contribution < -0.4 is 20.1 Å². The van der Waals surface area contributed by atoms with Crippen molar-refractivity contribution in [3.63, 3.8) is 0 Å². The van der Waals surface area contributed by atoms with Crippen LogP contribution in [0.3, 0.4) is 0 Å². The number of carbonyl (C=O) groups is 1. The quantitative estimate of drug-likeness (QED) is 0.683. The molecule has 28 heavy (non-hydrogen) atoms. The first-order valence-electron chi connectivity index (χ1n) is 8.78. The van der Waals surface area contributed by atoms with Crippen molar-refractivity contribution in [3.8, 4) is 11.5 Å². The lowest BCUT2D eigenvalue weighted by Crippen LogP contribution is -2.14. The summed E-state index contributed by atoms with van der Waals surface area (Å²) >= 11 is 0. The number of amides is 1. The molecule has 1 amide bonds. The normalized spacial score (nSPS) is 11.9. The van der Waals surface area contributed by atoms with Gasteiger partial charge >= 0.3 is 0 Å². The molecule has 0 atom stereocenters. The second kappa shape index (κ2) is 7.96. The van der Waals surface area contributed by atoms with E-state index in [9.17, 15) is 9.18 Å². The highest BCUT2D eigenvalue weighted by atomic mass is 19.1. The molecule has 1 aliphatic heterocycles. The van der Waals surface area contributed by atoms with Gasteiger partial charge in [-0.15, -0.1) is 0 Å². The van der Waals surface area contributed by atoms with Crippen LogP contribution in [0.1, 0.15) is 11.1 Å². The van der Waals surface area contributed by atoms with Crippen molar-refractivity contribution in [3.05, 3.63) is 77.7 Å². The molecule has 0 spiro atoms. The van der Waals surface area contributed by atoms with Crippen molar-refractivity contribution in [2.75, 3.05) is 17.4 Å². The van der Waals surface area contributed by atoms with Crippen LogP contribution in [0, 0.1) is 5.82 Å². The largest absolute Gasteiger partial charge is 0.454 e. The van der Waals surface area contributed by atoms with Gasteiger partial charge in [0.25, 0.3) is 0 Å². The van der Waals surface area contributed by atoms with Crippen LogP contribution in [-0.2, 0) is 17.8 Å². The van der Waals surface area contributed by atoms with Crippen molar-refractivity contribution >= 4 is 17.4 Å². The van der Waals surface area contributed by atoms with E-state index in [4.69, 9.17) is 9.47 Å². The number of aromatic nitrogens is 1. The third-order valence-corrected chi connectivity index (χ3v) is 4.21. The van der Waals surface area contributed by atoms with Gasteiger partial charge in [-0.1, -0.05) is 18.2 Å². The van der Waals surface area contributed by atoms with Gasteiger partial charge in [-0.2, -0.15) is 0 Å². The zero-order valence-electron chi connectivity index (χ0n) is 14.9. The molecule has 6 nitrogen and oxygen atoms in total. The number of pyridine rings is 1.